The van der Waals surface area contributed by atoms with Crippen molar-refractivity contribution < 1.29 is 9.59 Å². The highest BCUT2D eigenvalue weighted by Gasteiger charge is 2.50. The number of anilines is 3. The van der Waals surface area contributed by atoms with Crippen LogP contribution >= 0.6 is 0 Å². The fourth-order valence-electron chi connectivity index (χ4n) is 4.78. The average Bonchev–Trinajstić information content (AvgIpc) is 3.08. The lowest BCUT2D eigenvalue weighted by atomic mass is 9.79. The highest BCUT2D eigenvalue weighted by molar-refractivity contribution is 6.16. The van der Waals surface area contributed by atoms with Crippen molar-refractivity contribution in [2.75, 3.05) is 42.9 Å². The van der Waals surface area contributed by atoms with Crippen molar-refractivity contribution in [1.29, 1.82) is 0 Å². The summed E-state index contributed by atoms with van der Waals surface area (Å²) in [6.45, 7) is 8.86. The molecule has 1 aromatic carbocycles. The fraction of sp³-hybridized carbons (Fsp3) is 0.409. The van der Waals surface area contributed by atoms with Gasteiger partial charge < -0.3 is 15.1 Å². The lowest BCUT2D eigenvalue weighted by Crippen LogP contribution is -2.61. The van der Waals surface area contributed by atoms with Crippen LogP contribution in [0.2, 0.25) is 0 Å². The molecule has 0 bridgehead atoms. The SMILES string of the molecule is CCN1CCC2(C1)CN(C(=O)N1c3cc(C)ccc3C(=O)Nc3cccnc31)C2. The molecule has 1 N–H and O–H groups in total. The Kier molecular flexibility index (Phi) is 4.10. The molecule has 0 saturated carbocycles. The van der Waals surface area contributed by atoms with E-state index >= 15 is 0 Å². The van der Waals surface area contributed by atoms with Crippen LogP contribution < -0.4 is 10.2 Å². The second kappa shape index (κ2) is 6.56. The number of hydrogen-bond acceptors (Lipinski definition) is 4. The number of urea groups is 1. The van der Waals surface area contributed by atoms with Crippen LogP contribution in [-0.4, -0.2) is 59.4 Å². The molecule has 7 nitrogen and oxygen atoms in total. The zero-order valence-corrected chi connectivity index (χ0v) is 16.8. The largest absolute Gasteiger partial charge is 0.330 e. The van der Waals surface area contributed by atoms with E-state index in [1.807, 2.05) is 24.0 Å². The van der Waals surface area contributed by atoms with Gasteiger partial charge in [-0.3, -0.25) is 4.79 Å². The van der Waals surface area contributed by atoms with Gasteiger partial charge in [-0.25, -0.2) is 14.7 Å². The third kappa shape index (κ3) is 2.88. The molecular formula is C22H25N5O2. The number of hydrogen-bond donors (Lipinski definition) is 1. The number of amides is 3. The molecule has 3 amide bonds. The lowest BCUT2D eigenvalue weighted by Gasteiger charge is -2.49. The highest BCUT2D eigenvalue weighted by Crippen LogP contribution is 2.43. The minimum atomic E-state index is -0.223. The number of benzene rings is 1. The molecule has 3 aliphatic rings. The molecular weight excluding hydrogens is 366 g/mol. The van der Waals surface area contributed by atoms with Gasteiger partial charge in [-0.2, -0.15) is 0 Å². The van der Waals surface area contributed by atoms with Gasteiger partial charge in [-0.05, 0) is 56.3 Å². The van der Waals surface area contributed by atoms with E-state index in [0.717, 1.165) is 44.7 Å². The lowest BCUT2D eigenvalue weighted by molar-refractivity contribution is 0.0429. The Morgan fingerprint density at radius 2 is 2.07 bits per heavy atom. The summed E-state index contributed by atoms with van der Waals surface area (Å²) in [6, 6.07) is 8.99. The maximum atomic E-state index is 13.6. The predicted molar refractivity (Wildman–Crippen MR) is 112 cm³/mol. The van der Waals surface area contributed by atoms with Crippen molar-refractivity contribution in [3.63, 3.8) is 0 Å². The summed E-state index contributed by atoms with van der Waals surface area (Å²) < 4.78 is 0. The summed E-state index contributed by atoms with van der Waals surface area (Å²) in [5.41, 5.74) is 2.83. The molecule has 0 atom stereocenters. The number of aromatic nitrogens is 1. The number of nitrogens with one attached hydrogen (secondary N) is 1. The molecule has 7 heteroatoms. The maximum Gasteiger partial charge on any atom is 0.330 e. The fourth-order valence-corrected chi connectivity index (χ4v) is 4.78. The van der Waals surface area contributed by atoms with Gasteiger partial charge >= 0.3 is 6.03 Å². The number of rotatable bonds is 1. The Morgan fingerprint density at radius 1 is 1.24 bits per heavy atom. The van der Waals surface area contributed by atoms with Crippen molar-refractivity contribution in [1.82, 2.24) is 14.8 Å². The van der Waals surface area contributed by atoms with E-state index in [4.69, 9.17) is 0 Å². The topological polar surface area (TPSA) is 68.8 Å². The molecule has 2 fully saturated rings. The number of pyridine rings is 1. The van der Waals surface area contributed by atoms with Gasteiger partial charge in [0.25, 0.3) is 5.91 Å². The highest BCUT2D eigenvalue weighted by atomic mass is 16.2. The van der Waals surface area contributed by atoms with Crippen LogP contribution in [0.25, 0.3) is 0 Å². The van der Waals surface area contributed by atoms with E-state index in [1.54, 1.807) is 29.3 Å². The van der Waals surface area contributed by atoms with E-state index in [9.17, 15) is 9.59 Å². The smallest absolute Gasteiger partial charge is 0.323 e. The molecule has 0 radical (unpaired) electrons. The molecule has 0 aliphatic carbocycles. The minimum absolute atomic E-state index is 0.117. The Hall–Kier alpha value is -2.93. The van der Waals surface area contributed by atoms with Crippen molar-refractivity contribution in [2.24, 2.45) is 5.41 Å². The third-order valence-corrected chi connectivity index (χ3v) is 6.36. The molecule has 1 aromatic heterocycles. The zero-order chi connectivity index (χ0) is 20.2. The molecule has 2 aromatic rings. The summed E-state index contributed by atoms with van der Waals surface area (Å²) in [7, 11) is 0. The first-order chi connectivity index (χ1) is 14.0. The van der Waals surface area contributed by atoms with E-state index in [2.05, 4.69) is 22.1 Å². The number of carbonyl (C=O) groups excluding carboxylic acids is 2. The average molecular weight is 391 g/mol. The first kappa shape index (κ1) is 18.1. The zero-order valence-electron chi connectivity index (χ0n) is 16.8. The van der Waals surface area contributed by atoms with Crippen molar-refractivity contribution in [3.05, 3.63) is 47.7 Å². The predicted octanol–water partition coefficient (Wildman–Crippen LogP) is 3.24. The Bertz CT molecular complexity index is 998. The Morgan fingerprint density at radius 3 is 2.83 bits per heavy atom. The van der Waals surface area contributed by atoms with Gasteiger partial charge in [-0.1, -0.05) is 13.0 Å². The van der Waals surface area contributed by atoms with Crippen LogP contribution in [0.15, 0.2) is 36.5 Å². The molecule has 3 aliphatic heterocycles. The molecule has 0 unspecified atom stereocenters. The van der Waals surface area contributed by atoms with Gasteiger partial charge in [0, 0.05) is 31.2 Å². The van der Waals surface area contributed by atoms with Crippen LogP contribution in [-0.2, 0) is 0 Å². The van der Waals surface area contributed by atoms with Crippen molar-refractivity contribution in [3.8, 4) is 0 Å². The van der Waals surface area contributed by atoms with E-state index in [1.165, 1.54) is 0 Å². The van der Waals surface area contributed by atoms with Crippen LogP contribution in [0.4, 0.5) is 22.0 Å². The van der Waals surface area contributed by atoms with Gasteiger partial charge in [-0.15, -0.1) is 0 Å². The Balaban J connectivity index is 1.51. The number of likely N-dealkylation sites (tertiary alicyclic amines) is 2. The van der Waals surface area contributed by atoms with E-state index < -0.39 is 0 Å². The molecule has 1 spiro atoms. The monoisotopic (exact) mass is 391 g/mol. The standard InChI is InChI=1S/C22H25N5O2/c1-3-25-10-8-22(12-25)13-26(14-22)21(29)27-18-11-15(2)6-7-16(18)20(28)24-17-5-4-9-23-19(17)27/h4-7,9,11H,3,8,10,12-14H2,1-2H3,(H,24,28). The quantitative estimate of drug-likeness (QED) is 0.810. The second-order valence-electron chi connectivity index (χ2n) is 8.44. The molecule has 5 rings (SSSR count). The van der Waals surface area contributed by atoms with Crippen molar-refractivity contribution in [2.45, 2.75) is 20.3 Å². The van der Waals surface area contributed by atoms with Gasteiger partial charge in [0.2, 0.25) is 0 Å². The number of nitrogens with zero attached hydrogens (tertiary/aromatic N) is 4. The molecule has 29 heavy (non-hydrogen) atoms. The number of aryl methyl sites for hydroxylation is 1. The molecule has 4 heterocycles. The number of carbonyl (C=O) groups is 2. The van der Waals surface area contributed by atoms with Crippen LogP contribution in [0.3, 0.4) is 0 Å². The van der Waals surface area contributed by atoms with Crippen LogP contribution in [0.1, 0.15) is 29.3 Å². The normalized spacial score (nSPS) is 20.0. The van der Waals surface area contributed by atoms with E-state index in [-0.39, 0.29) is 17.4 Å². The minimum Gasteiger partial charge on any atom is -0.323 e. The maximum absolute atomic E-state index is 13.6. The summed E-state index contributed by atoms with van der Waals surface area (Å²) in [5.74, 6) is 0.247. The van der Waals surface area contributed by atoms with Gasteiger partial charge in [0.05, 0.1) is 16.9 Å². The summed E-state index contributed by atoms with van der Waals surface area (Å²) in [6.07, 6.45) is 2.79. The second-order valence-corrected chi connectivity index (χ2v) is 8.44. The first-order valence-electron chi connectivity index (χ1n) is 10.2. The summed E-state index contributed by atoms with van der Waals surface area (Å²) >= 11 is 0. The molecule has 150 valence electrons. The summed E-state index contributed by atoms with van der Waals surface area (Å²) in [5, 5.41) is 2.90. The van der Waals surface area contributed by atoms with E-state index in [0.29, 0.717) is 22.8 Å². The Labute approximate surface area is 170 Å². The van der Waals surface area contributed by atoms with Crippen LogP contribution in [0, 0.1) is 12.3 Å². The number of fused-ring (bicyclic) bond motifs is 2. The third-order valence-electron chi connectivity index (χ3n) is 6.36. The van der Waals surface area contributed by atoms with Gasteiger partial charge in [0.15, 0.2) is 5.82 Å². The first-order valence-corrected chi connectivity index (χ1v) is 10.2. The van der Waals surface area contributed by atoms with Crippen molar-refractivity contribution >= 4 is 29.1 Å². The summed E-state index contributed by atoms with van der Waals surface area (Å²) in [4.78, 5) is 36.8. The molecule has 2 saturated heterocycles. The van der Waals surface area contributed by atoms with Gasteiger partial charge in [0.1, 0.15) is 0 Å². The van der Waals surface area contributed by atoms with Crippen LogP contribution in [0.5, 0.6) is 0 Å².